The van der Waals surface area contributed by atoms with Gasteiger partial charge in [0.2, 0.25) is 0 Å². The van der Waals surface area contributed by atoms with Crippen molar-refractivity contribution in [2.45, 2.75) is 71.7 Å². The van der Waals surface area contributed by atoms with Crippen LogP contribution in [0.15, 0.2) is 36.4 Å². The van der Waals surface area contributed by atoms with E-state index in [0.29, 0.717) is 48.8 Å². The molecule has 2 heterocycles. The van der Waals surface area contributed by atoms with Crippen molar-refractivity contribution in [2.24, 2.45) is 5.41 Å². The average molecular weight is 572 g/mol. The number of amides is 2. The fourth-order valence-electron chi connectivity index (χ4n) is 4.93. The highest BCUT2D eigenvalue weighted by atomic mass is 35.5. The molecule has 8 nitrogen and oxygen atoms in total. The number of nitriles is 1. The van der Waals surface area contributed by atoms with E-state index < -0.39 is 23.2 Å². The highest BCUT2D eigenvalue weighted by Crippen LogP contribution is 2.43. The molecule has 40 heavy (non-hydrogen) atoms. The molecule has 214 valence electrons. The Bertz CT molecular complexity index is 1290. The van der Waals surface area contributed by atoms with Crippen molar-refractivity contribution in [2.75, 3.05) is 24.5 Å². The van der Waals surface area contributed by atoms with Gasteiger partial charge in [-0.3, -0.25) is 9.69 Å². The highest BCUT2D eigenvalue weighted by molar-refractivity contribution is 6.32. The van der Waals surface area contributed by atoms with Crippen LogP contribution >= 0.6 is 11.6 Å². The van der Waals surface area contributed by atoms with Gasteiger partial charge in [0.25, 0.3) is 5.91 Å². The van der Waals surface area contributed by atoms with Gasteiger partial charge in [0.15, 0.2) is 6.10 Å². The van der Waals surface area contributed by atoms with Crippen LogP contribution in [0.25, 0.3) is 0 Å². The zero-order valence-electron chi connectivity index (χ0n) is 23.5. The molecule has 0 aliphatic carbocycles. The average Bonchev–Trinajstić information content (AvgIpc) is 2.88. The zero-order valence-corrected chi connectivity index (χ0v) is 24.3. The zero-order chi connectivity index (χ0) is 29.2. The van der Waals surface area contributed by atoms with E-state index in [-0.39, 0.29) is 30.1 Å². The van der Waals surface area contributed by atoms with E-state index in [1.165, 1.54) is 17.0 Å². The van der Waals surface area contributed by atoms with Crippen LogP contribution in [0.3, 0.4) is 0 Å². The first-order chi connectivity index (χ1) is 18.8. The molecule has 0 radical (unpaired) electrons. The van der Waals surface area contributed by atoms with Crippen molar-refractivity contribution in [1.29, 1.82) is 5.26 Å². The Labute approximate surface area is 239 Å². The molecule has 2 aliphatic heterocycles. The first kappa shape index (κ1) is 29.5. The monoisotopic (exact) mass is 571 g/mol. The van der Waals surface area contributed by atoms with Crippen molar-refractivity contribution >= 4 is 29.3 Å². The van der Waals surface area contributed by atoms with E-state index >= 15 is 0 Å². The summed E-state index contributed by atoms with van der Waals surface area (Å²) in [5.74, 6) is 0.0593. The number of carbonyl (C=O) groups excluding carboxylic acids is 2. The van der Waals surface area contributed by atoms with Gasteiger partial charge in [-0.25, -0.2) is 9.18 Å². The van der Waals surface area contributed by atoms with Gasteiger partial charge in [-0.15, -0.1) is 0 Å². The largest absolute Gasteiger partial charge is 0.489 e. The molecule has 4 rings (SSSR count). The minimum absolute atomic E-state index is 0.0586. The molecule has 2 aromatic rings. The molecule has 1 atom stereocenters. The molecule has 0 bridgehead atoms. The Kier molecular flexibility index (Phi) is 8.50. The number of halogens is 2. The van der Waals surface area contributed by atoms with Crippen LogP contribution < -0.4 is 14.4 Å². The number of nitrogens with zero attached hydrogens (tertiary/aromatic N) is 3. The Morgan fingerprint density at radius 3 is 2.42 bits per heavy atom. The minimum Gasteiger partial charge on any atom is -0.489 e. The molecule has 1 unspecified atom stereocenters. The molecule has 10 heteroatoms. The second-order valence-corrected chi connectivity index (χ2v) is 12.0. The number of rotatable bonds is 5. The van der Waals surface area contributed by atoms with Gasteiger partial charge in [0.05, 0.1) is 34.8 Å². The number of likely N-dealkylation sites (tertiary alicyclic amines) is 1. The van der Waals surface area contributed by atoms with E-state index in [2.05, 4.69) is 6.07 Å². The SMILES string of the molecule is CC(C)Oc1cc2c(cc1Cl)N(C(=O)OC(C)(C)C)CC(C(=O)N1CCC(C#N)(Cc3ccc(F)cc3)CC1)O2. The maximum absolute atomic E-state index is 13.7. The van der Waals surface area contributed by atoms with Gasteiger partial charge in [-0.2, -0.15) is 5.26 Å². The molecule has 2 aromatic carbocycles. The third-order valence-corrected chi connectivity index (χ3v) is 7.19. The van der Waals surface area contributed by atoms with Crippen molar-refractivity contribution in [3.8, 4) is 17.6 Å². The number of anilines is 1. The highest BCUT2D eigenvalue weighted by Gasteiger charge is 2.42. The van der Waals surface area contributed by atoms with Crippen LogP contribution in [0, 0.1) is 22.6 Å². The maximum atomic E-state index is 13.7. The van der Waals surface area contributed by atoms with Crippen molar-refractivity contribution < 1.29 is 28.2 Å². The number of piperidine rings is 1. The van der Waals surface area contributed by atoms with Crippen LogP contribution in [0.5, 0.6) is 11.5 Å². The number of benzene rings is 2. The normalized spacial score (nSPS) is 18.4. The van der Waals surface area contributed by atoms with Gasteiger partial charge in [0.1, 0.15) is 22.9 Å². The summed E-state index contributed by atoms with van der Waals surface area (Å²) in [5, 5.41) is 10.3. The predicted molar refractivity (Wildman–Crippen MR) is 149 cm³/mol. The number of ether oxygens (including phenoxy) is 3. The second kappa shape index (κ2) is 11.5. The standard InChI is InChI=1S/C30H35ClFN3O5/c1-19(2)38-24-15-25-23(14-22(24)31)35(28(37)40-29(3,4)5)17-26(39-25)27(36)34-12-10-30(18-33,11-13-34)16-20-6-8-21(32)9-7-20/h6-9,14-15,19,26H,10-13,16-17H2,1-5H3. The van der Waals surface area contributed by atoms with Gasteiger partial charge in [0, 0.05) is 19.2 Å². The lowest BCUT2D eigenvalue weighted by molar-refractivity contribution is -0.140. The summed E-state index contributed by atoms with van der Waals surface area (Å²) in [4.78, 5) is 29.9. The van der Waals surface area contributed by atoms with Crippen LogP contribution in [0.4, 0.5) is 14.9 Å². The van der Waals surface area contributed by atoms with Gasteiger partial charge >= 0.3 is 6.09 Å². The Balaban J connectivity index is 1.54. The number of hydrogen-bond acceptors (Lipinski definition) is 6. The summed E-state index contributed by atoms with van der Waals surface area (Å²) in [6.07, 6.45) is -0.349. The van der Waals surface area contributed by atoms with Gasteiger partial charge in [-0.05, 0) is 77.6 Å². The van der Waals surface area contributed by atoms with E-state index in [4.69, 9.17) is 25.8 Å². The predicted octanol–water partition coefficient (Wildman–Crippen LogP) is 6.14. The molecule has 0 aromatic heterocycles. The summed E-state index contributed by atoms with van der Waals surface area (Å²) in [6, 6.07) is 11.8. The third-order valence-electron chi connectivity index (χ3n) is 6.90. The fourth-order valence-corrected chi connectivity index (χ4v) is 5.13. The molecule has 0 N–H and O–H groups in total. The smallest absolute Gasteiger partial charge is 0.415 e. The molecule has 2 amide bonds. The van der Waals surface area contributed by atoms with E-state index in [0.717, 1.165) is 5.56 Å². The summed E-state index contributed by atoms with van der Waals surface area (Å²) in [5.41, 5.74) is -0.143. The Morgan fingerprint density at radius 1 is 1.20 bits per heavy atom. The summed E-state index contributed by atoms with van der Waals surface area (Å²) < 4.78 is 30.9. The molecule has 0 spiro atoms. The molecule has 1 saturated heterocycles. The lowest BCUT2D eigenvalue weighted by Gasteiger charge is -2.41. The van der Waals surface area contributed by atoms with Crippen LogP contribution in [0.2, 0.25) is 5.02 Å². The first-order valence-electron chi connectivity index (χ1n) is 13.4. The minimum atomic E-state index is -0.986. The quantitative estimate of drug-likeness (QED) is 0.428. The van der Waals surface area contributed by atoms with Crippen molar-refractivity contribution in [3.63, 3.8) is 0 Å². The summed E-state index contributed by atoms with van der Waals surface area (Å²) in [6.45, 7) is 9.68. The first-order valence-corrected chi connectivity index (χ1v) is 13.8. The lowest BCUT2D eigenvalue weighted by Crippen LogP contribution is -2.54. The molecule has 2 aliphatic rings. The molecular formula is C30H35ClFN3O5. The van der Waals surface area contributed by atoms with Crippen molar-refractivity contribution in [1.82, 2.24) is 4.90 Å². The molecule has 0 saturated carbocycles. The molecule has 1 fully saturated rings. The number of carbonyl (C=O) groups is 2. The van der Waals surface area contributed by atoms with Crippen LogP contribution in [-0.4, -0.2) is 54.3 Å². The number of fused-ring (bicyclic) bond motifs is 1. The third kappa shape index (κ3) is 6.79. The Hall–Kier alpha value is -3.51. The summed E-state index contributed by atoms with van der Waals surface area (Å²) >= 11 is 6.46. The van der Waals surface area contributed by atoms with Crippen LogP contribution in [-0.2, 0) is 16.0 Å². The lowest BCUT2D eigenvalue weighted by atomic mass is 9.75. The number of hydrogen-bond donors (Lipinski definition) is 0. The van der Waals surface area contributed by atoms with E-state index in [1.807, 2.05) is 13.8 Å². The summed E-state index contributed by atoms with van der Waals surface area (Å²) in [7, 11) is 0. The Morgan fingerprint density at radius 2 is 1.85 bits per heavy atom. The molecular weight excluding hydrogens is 537 g/mol. The van der Waals surface area contributed by atoms with E-state index in [1.54, 1.807) is 49.9 Å². The van der Waals surface area contributed by atoms with Gasteiger partial charge in [-0.1, -0.05) is 23.7 Å². The fraction of sp³-hybridized carbons (Fsp3) is 0.500. The second-order valence-electron chi connectivity index (χ2n) is 11.6. The van der Waals surface area contributed by atoms with E-state index in [9.17, 15) is 19.2 Å². The van der Waals surface area contributed by atoms with Crippen molar-refractivity contribution in [3.05, 3.63) is 52.8 Å². The topological polar surface area (TPSA) is 92.1 Å². The van der Waals surface area contributed by atoms with Crippen LogP contribution in [0.1, 0.15) is 53.0 Å². The van der Waals surface area contributed by atoms with Gasteiger partial charge < -0.3 is 19.1 Å². The maximum Gasteiger partial charge on any atom is 0.415 e.